The van der Waals surface area contributed by atoms with Crippen molar-refractivity contribution in [2.24, 2.45) is 0 Å². The van der Waals surface area contributed by atoms with Crippen molar-refractivity contribution in [3.05, 3.63) is 12.2 Å². The van der Waals surface area contributed by atoms with Gasteiger partial charge in [0.15, 0.2) is 0 Å². The Kier molecular flexibility index (Phi) is 13.3. The van der Waals surface area contributed by atoms with E-state index in [9.17, 15) is 0 Å². The third-order valence-corrected chi connectivity index (χ3v) is 2.28. The van der Waals surface area contributed by atoms with Gasteiger partial charge in [-0.1, -0.05) is 28.1 Å². The molecule has 84 valence electrons. The van der Waals surface area contributed by atoms with E-state index in [1.165, 1.54) is 19.3 Å². The molecule has 0 unspecified atom stereocenters. The standard InChI is InChI=1S/C11H21BrO2/c1-2-13-11-14-10-8-6-4-3-5-7-9-12/h4,6H,2-3,5,7-11H2,1H3. The molecular formula is C11H21BrO2. The van der Waals surface area contributed by atoms with Crippen LogP contribution in [0, 0.1) is 0 Å². The number of hydrogen-bond donors (Lipinski definition) is 0. The molecule has 0 saturated carbocycles. The first-order valence-electron chi connectivity index (χ1n) is 5.28. The Morgan fingerprint density at radius 3 is 2.57 bits per heavy atom. The minimum Gasteiger partial charge on any atom is -0.356 e. The fourth-order valence-electron chi connectivity index (χ4n) is 0.945. The number of alkyl halides is 1. The summed E-state index contributed by atoms with van der Waals surface area (Å²) in [5.41, 5.74) is 0. The van der Waals surface area contributed by atoms with Crippen LogP contribution in [0.4, 0.5) is 0 Å². The largest absolute Gasteiger partial charge is 0.356 e. The molecule has 0 atom stereocenters. The Morgan fingerprint density at radius 2 is 1.86 bits per heavy atom. The van der Waals surface area contributed by atoms with E-state index in [0.29, 0.717) is 6.79 Å². The van der Waals surface area contributed by atoms with Gasteiger partial charge in [0, 0.05) is 11.9 Å². The SMILES string of the molecule is CCOCOCCC=CCCCCBr. The topological polar surface area (TPSA) is 18.5 Å². The maximum Gasteiger partial charge on any atom is 0.146 e. The van der Waals surface area contributed by atoms with Crippen molar-refractivity contribution in [1.29, 1.82) is 0 Å². The van der Waals surface area contributed by atoms with Crippen molar-refractivity contribution >= 4 is 15.9 Å². The quantitative estimate of drug-likeness (QED) is 0.260. The highest BCUT2D eigenvalue weighted by atomic mass is 79.9. The fourth-order valence-corrected chi connectivity index (χ4v) is 1.34. The molecule has 14 heavy (non-hydrogen) atoms. The summed E-state index contributed by atoms with van der Waals surface area (Å²) in [5.74, 6) is 0. The van der Waals surface area contributed by atoms with Crippen LogP contribution in [0.1, 0.15) is 32.6 Å². The van der Waals surface area contributed by atoms with E-state index in [2.05, 4.69) is 28.1 Å². The summed E-state index contributed by atoms with van der Waals surface area (Å²) in [5, 5.41) is 1.11. The lowest BCUT2D eigenvalue weighted by Gasteiger charge is -2.00. The minimum absolute atomic E-state index is 0.425. The van der Waals surface area contributed by atoms with Crippen molar-refractivity contribution in [2.75, 3.05) is 25.3 Å². The van der Waals surface area contributed by atoms with Crippen LogP contribution < -0.4 is 0 Å². The predicted octanol–water partition coefficient (Wildman–Crippen LogP) is 3.51. The summed E-state index contributed by atoms with van der Waals surface area (Å²) in [6.07, 6.45) is 9.10. The van der Waals surface area contributed by atoms with E-state index in [1.54, 1.807) is 0 Å². The van der Waals surface area contributed by atoms with Crippen LogP contribution in [0.5, 0.6) is 0 Å². The molecule has 0 radical (unpaired) electrons. The van der Waals surface area contributed by atoms with Gasteiger partial charge < -0.3 is 9.47 Å². The average molecular weight is 265 g/mol. The van der Waals surface area contributed by atoms with Crippen LogP contribution in [0.3, 0.4) is 0 Å². The fraction of sp³-hybridized carbons (Fsp3) is 0.818. The zero-order valence-electron chi connectivity index (χ0n) is 9.01. The lowest BCUT2D eigenvalue weighted by atomic mass is 10.2. The molecular weight excluding hydrogens is 244 g/mol. The molecule has 0 spiro atoms. The van der Waals surface area contributed by atoms with E-state index in [1.807, 2.05) is 6.92 Å². The van der Waals surface area contributed by atoms with Crippen molar-refractivity contribution in [2.45, 2.75) is 32.6 Å². The van der Waals surface area contributed by atoms with Crippen LogP contribution in [0.25, 0.3) is 0 Å². The number of ether oxygens (including phenoxy) is 2. The van der Waals surface area contributed by atoms with Crippen LogP contribution >= 0.6 is 15.9 Å². The van der Waals surface area contributed by atoms with Crippen LogP contribution in [-0.2, 0) is 9.47 Å². The Labute approximate surface area is 95.8 Å². The summed E-state index contributed by atoms with van der Waals surface area (Å²) in [7, 11) is 0. The monoisotopic (exact) mass is 264 g/mol. The van der Waals surface area contributed by atoms with Gasteiger partial charge >= 0.3 is 0 Å². The third-order valence-electron chi connectivity index (χ3n) is 1.72. The van der Waals surface area contributed by atoms with Gasteiger partial charge in [0.25, 0.3) is 0 Å². The van der Waals surface area contributed by atoms with Crippen molar-refractivity contribution in [3.63, 3.8) is 0 Å². The molecule has 0 fully saturated rings. The first-order valence-corrected chi connectivity index (χ1v) is 6.40. The molecule has 0 N–H and O–H groups in total. The molecule has 0 aromatic carbocycles. The normalized spacial score (nSPS) is 11.3. The van der Waals surface area contributed by atoms with E-state index in [4.69, 9.17) is 9.47 Å². The van der Waals surface area contributed by atoms with Gasteiger partial charge in [-0.3, -0.25) is 0 Å². The number of allylic oxidation sites excluding steroid dienone is 1. The predicted molar refractivity (Wildman–Crippen MR) is 63.8 cm³/mol. The zero-order valence-corrected chi connectivity index (χ0v) is 10.6. The smallest absolute Gasteiger partial charge is 0.146 e. The first-order chi connectivity index (χ1) is 6.91. The number of hydrogen-bond acceptors (Lipinski definition) is 2. The van der Waals surface area contributed by atoms with E-state index >= 15 is 0 Å². The van der Waals surface area contributed by atoms with Gasteiger partial charge in [-0.2, -0.15) is 0 Å². The van der Waals surface area contributed by atoms with Gasteiger partial charge in [0.05, 0.1) is 6.61 Å². The second-order valence-corrected chi connectivity index (χ2v) is 3.76. The molecule has 0 heterocycles. The van der Waals surface area contributed by atoms with Crippen molar-refractivity contribution in [1.82, 2.24) is 0 Å². The molecule has 0 aliphatic heterocycles. The van der Waals surface area contributed by atoms with Crippen LogP contribution in [0.2, 0.25) is 0 Å². The van der Waals surface area contributed by atoms with Crippen molar-refractivity contribution in [3.8, 4) is 0 Å². The Balaban J connectivity index is 2.96. The molecule has 3 heteroatoms. The Hall–Kier alpha value is 0.140. The summed E-state index contributed by atoms with van der Waals surface area (Å²) in [6.45, 7) is 3.87. The maximum atomic E-state index is 5.22. The zero-order chi connectivity index (χ0) is 10.5. The summed E-state index contributed by atoms with van der Waals surface area (Å²) >= 11 is 3.41. The summed E-state index contributed by atoms with van der Waals surface area (Å²) in [6, 6.07) is 0. The summed E-state index contributed by atoms with van der Waals surface area (Å²) < 4.78 is 10.3. The van der Waals surface area contributed by atoms with E-state index in [0.717, 1.165) is 25.0 Å². The highest BCUT2D eigenvalue weighted by Gasteiger charge is 1.85. The minimum atomic E-state index is 0.425. The molecule has 2 nitrogen and oxygen atoms in total. The van der Waals surface area contributed by atoms with Crippen LogP contribution in [-0.4, -0.2) is 25.3 Å². The molecule has 0 aromatic rings. The van der Waals surface area contributed by atoms with Gasteiger partial charge in [-0.25, -0.2) is 0 Å². The molecule has 0 saturated heterocycles. The van der Waals surface area contributed by atoms with Gasteiger partial charge in [-0.15, -0.1) is 0 Å². The van der Waals surface area contributed by atoms with Crippen LogP contribution in [0.15, 0.2) is 12.2 Å². The molecule has 0 amide bonds. The molecule has 0 aliphatic rings. The maximum absolute atomic E-state index is 5.22. The second kappa shape index (κ2) is 13.1. The van der Waals surface area contributed by atoms with Crippen molar-refractivity contribution < 1.29 is 9.47 Å². The summed E-state index contributed by atoms with van der Waals surface area (Å²) in [4.78, 5) is 0. The number of rotatable bonds is 10. The molecule has 0 aromatic heterocycles. The molecule has 0 bridgehead atoms. The van der Waals surface area contributed by atoms with Gasteiger partial charge in [0.2, 0.25) is 0 Å². The highest BCUT2D eigenvalue weighted by Crippen LogP contribution is 1.99. The Morgan fingerprint density at radius 1 is 1.07 bits per heavy atom. The first kappa shape index (κ1) is 14.1. The van der Waals surface area contributed by atoms with Gasteiger partial charge in [-0.05, 0) is 32.6 Å². The highest BCUT2D eigenvalue weighted by molar-refractivity contribution is 9.09. The van der Waals surface area contributed by atoms with E-state index < -0.39 is 0 Å². The lowest BCUT2D eigenvalue weighted by Crippen LogP contribution is -1.99. The number of halogens is 1. The second-order valence-electron chi connectivity index (χ2n) is 2.96. The van der Waals surface area contributed by atoms with E-state index in [-0.39, 0.29) is 0 Å². The molecule has 0 rings (SSSR count). The lowest BCUT2D eigenvalue weighted by molar-refractivity contribution is -0.0476. The average Bonchev–Trinajstić information content (AvgIpc) is 2.21. The molecule has 0 aliphatic carbocycles. The third kappa shape index (κ3) is 12.1. The Bertz CT molecular complexity index is 126. The van der Waals surface area contributed by atoms with Gasteiger partial charge in [0.1, 0.15) is 6.79 Å². The number of unbranched alkanes of at least 4 members (excludes halogenated alkanes) is 2.